The molecule has 0 spiro atoms. The highest BCUT2D eigenvalue weighted by atomic mass is 127. The van der Waals surface area contributed by atoms with Gasteiger partial charge in [-0.1, -0.05) is 0 Å². The number of anilines is 1. The minimum atomic E-state index is -0.483. The maximum absolute atomic E-state index is 13.4. The number of halogens is 2. The molecule has 1 aromatic carbocycles. The molecule has 4 nitrogen and oxygen atoms in total. The molecule has 17 heavy (non-hydrogen) atoms. The molecule has 1 atom stereocenters. The van der Waals surface area contributed by atoms with Gasteiger partial charge in [0, 0.05) is 18.2 Å². The minimum Gasteiger partial charge on any atom is -0.377 e. The Bertz CT molecular complexity index is 463. The lowest BCUT2D eigenvalue weighted by Gasteiger charge is -2.14. The lowest BCUT2D eigenvalue weighted by atomic mass is 10.2. The molecule has 1 aromatic rings. The molecular weight excluding hydrogens is 338 g/mol. The summed E-state index contributed by atoms with van der Waals surface area (Å²) in [7, 11) is 0. The van der Waals surface area contributed by atoms with Crippen LogP contribution in [0.2, 0.25) is 0 Å². The Morgan fingerprint density at radius 2 is 2.24 bits per heavy atom. The van der Waals surface area contributed by atoms with Gasteiger partial charge in [-0.15, -0.1) is 0 Å². The van der Waals surface area contributed by atoms with Crippen molar-refractivity contribution >= 4 is 34.0 Å². The molecular formula is C11H12FIN2O2. The molecule has 1 aliphatic rings. The zero-order valence-electron chi connectivity index (χ0n) is 9.24. The second-order valence-corrected chi connectivity index (χ2v) is 5.47. The fourth-order valence-corrected chi connectivity index (χ4v) is 2.21. The maximum atomic E-state index is 13.4. The van der Waals surface area contributed by atoms with E-state index >= 15 is 0 Å². The highest BCUT2D eigenvalue weighted by Crippen LogP contribution is 2.36. The predicted molar refractivity (Wildman–Crippen MR) is 71.6 cm³/mol. The van der Waals surface area contributed by atoms with Crippen molar-refractivity contribution in [2.45, 2.75) is 25.8 Å². The van der Waals surface area contributed by atoms with Crippen LogP contribution in [-0.4, -0.2) is 11.0 Å². The third-order valence-electron chi connectivity index (χ3n) is 2.95. The van der Waals surface area contributed by atoms with Crippen molar-refractivity contribution in [2.75, 3.05) is 5.32 Å². The fourth-order valence-electron chi connectivity index (χ4n) is 1.76. The van der Waals surface area contributed by atoms with Gasteiger partial charge in [-0.3, -0.25) is 10.1 Å². The standard InChI is InChI=1S/C11H12FIN2O2/c1-6(7-2-3-7)14-10-4-8(12)9(13)5-11(10)15(16)17/h4-7,14H,2-3H2,1H3. The quantitative estimate of drug-likeness (QED) is 0.513. The summed E-state index contributed by atoms with van der Waals surface area (Å²) in [6, 6.07) is 2.62. The summed E-state index contributed by atoms with van der Waals surface area (Å²) >= 11 is 1.75. The van der Waals surface area contributed by atoms with Crippen LogP contribution in [0.25, 0.3) is 0 Å². The van der Waals surface area contributed by atoms with Gasteiger partial charge in [-0.05, 0) is 48.3 Å². The number of benzene rings is 1. The van der Waals surface area contributed by atoms with Crippen LogP contribution in [-0.2, 0) is 0 Å². The first kappa shape index (κ1) is 12.5. The second-order valence-electron chi connectivity index (χ2n) is 4.31. The molecule has 1 fully saturated rings. The van der Waals surface area contributed by atoms with Crippen LogP contribution in [0.1, 0.15) is 19.8 Å². The molecule has 0 saturated heterocycles. The first-order valence-electron chi connectivity index (χ1n) is 5.39. The number of nitrogens with one attached hydrogen (secondary N) is 1. The summed E-state index contributed by atoms with van der Waals surface area (Å²) in [5.41, 5.74) is 0.204. The third kappa shape index (κ3) is 2.85. The van der Waals surface area contributed by atoms with E-state index in [1.165, 1.54) is 12.1 Å². The average Bonchev–Trinajstić information content (AvgIpc) is 3.06. The van der Waals surface area contributed by atoms with Crippen LogP contribution >= 0.6 is 22.6 Å². The molecule has 0 bridgehead atoms. The monoisotopic (exact) mass is 350 g/mol. The summed E-state index contributed by atoms with van der Waals surface area (Å²) in [6.45, 7) is 1.97. The molecule has 0 aromatic heterocycles. The van der Waals surface area contributed by atoms with Crippen molar-refractivity contribution in [1.82, 2.24) is 0 Å². The number of rotatable bonds is 4. The molecule has 0 aliphatic heterocycles. The average molecular weight is 350 g/mol. The van der Waals surface area contributed by atoms with Crippen LogP contribution in [0.15, 0.2) is 12.1 Å². The van der Waals surface area contributed by atoms with Gasteiger partial charge in [0.05, 0.1) is 8.49 Å². The highest BCUT2D eigenvalue weighted by molar-refractivity contribution is 14.1. The molecule has 2 rings (SSSR count). The third-order valence-corrected chi connectivity index (χ3v) is 3.77. The van der Waals surface area contributed by atoms with E-state index in [9.17, 15) is 14.5 Å². The first-order chi connectivity index (χ1) is 7.99. The maximum Gasteiger partial charge on any atom is 0.293 e. The summed E-state index contributed by atoms with van der Waals surface area (Å²) in [5.74, 6) is 0.124. The van der Waals surface area contributed by atoms with Gasteiger partial charge < -0.3 is 5.32 Å². The fraction of sp³-hybridized carbons (Fsp3) is 0.455. The number of nitrogens with zero attached hydrogens (tertiary/aromatic N) is 1. The van der Waals surface area contributed by atoms with E-state index in [4.69, 9.17) is 0 Å². The van der Waals surface area contributed by atoms with Gasteiger partial charge in [0.25, 0.3) is 5.69 Å². The summed E-state index contributed by atoms with van der Waals surface area (Å²) < 4.78 is 13.7. The van der Waals surface area contributed by atoms with E-state index in [0.29, 0.717) is 5.92 Å². The summed E-state index contributed by atoms with van der Waals surface area (Å²) in [4.78, 5) is 10.4. The normalized spacial score (nSPS) is 16.6. The Morgan fingerprint density at radius 3 is 2.76 bits per heavy atom. The van der Waals surface area contributed by atoms with Crippen LogP contribution < -0.4 is 5.32 Å². The Hall–Kier alpha value is -0.920. The number of nitro benzene ring substituents is 1. The van der Waals surface area contributed by atoms with Crippen LogP contribution in [0.5, 0.6) is 0 Å². The SMILES string of the molecule is CC(Nc1cc(F)c(I)cc1[N+](=O)[O-])C1CC1. The van der Waals surface area contributed by atoms with Gasteiger partial charge >= 0.3 is 0 Å². The predicted octanol–water partition coefficient (Wildman–Crippen LogP) is 3.55. The summed E-state index contributed by atoms with van der Waals surface area (Å²) in [6.07, 6.45) is 2.27. The van der Waals surface area contributed by atoms with Crippen molar-refractivity contribution in [3.63, 3.8) is 0 Å². The van der Waals surface area contributed by atoms with E-state index in [1.54, 1.807) is 22.6 Å². The molecule has 92 valence electrons. The molecule has 0 heterocycles. The number of hydrogen-bond acceptors (Lipinski definition) is 3. The topological polar surface area (TPSA) is 55.2 Å². The van der Waals surface area contributed by atoms with E-state index < -0.39 is 10.7 Å². The van der Waals surface area contributed by atoms with Gasteiger partial charge in [0.1, 0.15) is 11.5 Å². The van der Waals surface area contributed by atoms with Crippen LogP contribution in [0.4, 0.5) is 15.8 Å². The largest absolute Gasteiger partial charge is 0.377 e. The molecule has 0 radical (unpaired) electrons. The summed E-state index contributed by atoms with van der Waals surface area (Å²) in [5, 5.41) is 13.9. The molecule has 1 saturated carbocycles. The molecule has 1 N–H and O–H groups in total. The van der Waals surface area contributed by atoms with E-state index in [0.717, 1.165) is 12.8 Å². The lowest BCUT2D eigenvalue weighted by molar-refractivity contribution is -0.384. The van der Waals surface area contributed by atoms with Crippen molar-refractivity contribution in [3.05, 3.63) is 31.6 Å². The Labute approximate surface area is 112 Å². The van der Waals surface area contributed by atoms with Crippen molar-refractivity contribution < 1.29 is 9.31 Å². The van der Waals surface area contributed by atoms with Crippen LogP contribution in [0, 0.1) is 25.4 Å². The molecule has 1 unspecified atom stereocenters. The highest BCUT2D eigenvalue weighted by Gasteiger charge is 2.29. The first-order valence-corrected chi connectivity index (χ1v) is 6.47. The Morgan fingerprint density at radius 1 is 1.59 bits per heavy atom. The second kappa shape index (κ2) is 4.75. The van der Waals surface area contributed by atoms with Gasteiger partial charge in [0.15, 0.2) is 0 Å². The van der Waals surface area contributed by atoms with Crippen LogP contribution in [0.3, 0.4) is 0 Å². The van der Waals surface area contributed by atoms with Crippen molar-refractivity contribution in [2.24, 2.45) is 5.92 Å². The zero-order valence-corrected chi connectivity index (χ0v) is 11.4. The zero-order chi connectivity index (χ0) is 12.6. The smallest absolute Gasteiger partial charge is 0.293 e. The Kier molecular flexibility index (Phi) is 3.50. The van der Waals surface area contributed by atoms with Crippen molar-refractivity contribution in [1.29, 1.82) is 0 Å². The van der Waals surface area contributed by atoms with Crippen molar-refractivity contribution in [3.8, 4) is 0 Å². The minimum absolute atomic E-state index is 0.0664. The Balaban J connectivity index is 2.29. The van der Waals surface area contributed by atoms with Gasteiger partial charge in [-0.25, -0.2) is 4.39 Å². The molecule has 0 amide bonds. The van der Waals surface area contributed by atoms with E-state index in [-0.39, 0.29) is 21.0 Å². The van der Waals surface area contributed by atoms with Gasteiger partial charge in [0.2, 0.25) is 0 Å². The number of hydrogen-bond donors (Lipinski definition) is 1. The van der Waals surface area contributed by atoms with Gasteiger partial charge in [-0.2, -0.15) is 0 Å². The number of nitro groups is 1. The molecule has 1 aliphatic carbocycles. The van der Waals surface area contributed by atoms with E-state index in [2.05, 4.69) is 5.32 Å². The lowest BCUT2D eigenvalue weighted by Crippen LogP contribution is -2.18. The van der Waals surface area contributed by atoms with E-state index in [1.807, 2.05) is 6.92 Å². The molecule has 6 heteroatoms.